The maximum absolute atomic E-state index is 12.4. The van der Waals surface area contributed by atoms with Crippen molar-refractivity contribution in [3.05, 3.63) is 28.2 Å². The fourth-order valence-corrected chi connectivity index (χ4v) is 2.99. The maximum Gasteiger partial charge on any atom is 0.227 e. The van der Waals surface area contributed by atoms with Crippen LogP contribution in [0.1, 0.15) is 18.4 Å². The Balaban J connectivity index is 0.00000220. The SMILES string of the molecule is COc1ccc(Br)cc1CN(C)C(=O)C1CCCNC1.Cl. The van der Waals surface area contributed by atoms with Gasteiger partial charge in [0, 0.05) is 30.2 Å². The number of halogens is 2. The van der Waals surface area contributed by atoms with Crippen LogP contribution in [-0.4, -0.2) is 38.1 Å². The lowest BCUT2D eigenvalue weighted by Gasteiger charge is -2.27. The molecule has 0 saturated carbocycles. The van der Waals surface area contributed by atoms with Gasteiger partial charge in [0.15, 0.2) is 0 Å². The van der Waals surface area contributed by atoms with Crippen molar-refractivity contribution in [2.45, 2.75) is 19.4 Å². The summed E-state index contributed by atoms with van der Waals surface area (Å²) in [5, 5.41) is 3.29. The van der Waals surface area contributed by atoms with E-state index >= 15 is 0 Å². The van der Waals surface area contributed by atoms with Crippen molar-refractivity contribution in [1.82, 2.24) is 10.2 Å². The monoisotopic (exact) mass is 376 g/mol. The molecule has 1 fully saturated rings. The van der Waals surface area contributed by atoms with Crippen molar-refractivity contribution in [2.75, 3.05) is 27.2 Å². The first kappa shape index (κ1) is 18.3. The molecule has 1 aliphatic heterocycles. The molecule has 118 valence electrons. The lowest BCUT2D eigenvalue weighted by molar-refractivity contribution is -0.135. The van der Waals surface area contributed by atoms with E-state index in [0.29, 0.717) is 6.54 Å². The second-order valence-corrected chi connectivity index (χ2v) is 6.11. The van der Waals surface area contributed by atoms with Gasteiger partial charge in [-0.25, -0.2) is 0 Å². The highest BCUT2D eigenvalue weighted by Gasteiger charge is 2.24. The van der Waals surface area contributed by atoms with E-state index in [9.17, 15) is 4.79 Å². The number of nitrogens with zero attached hydrogens (tertiary/aromatic N) is 1. The van der Waals surface area contributed by atoms with Crippen LogP contribution in [0, 0.1) is 5.92 Å². The molecule has 1 atom stereocenters. The molecule has 0 aromatic heterocycles. The third kappa shape index (κ3) is 4.87. The zero-order valence-electron chi connectivity index (χ0n) is 12.4. The molecule has 0 bridgehead atoms. The maximum atomic E-state index is 12.4. The van der Waals surface area contributed by atoms with Gasteiger partial charge in [-0.2, -0.15) is 0 Å². The number of hydrogen-bond donors (Lipinski definition) is 1. The smallest absolute Gasteiger partial charge is 0.227 e. The van der Waals surface area contributed by atoms with Gasteiger partial charge >= 0.3 is 0 Å². The summed E-state index contributed by atoms with van der Waals surface area (Å²) < 4.78 is 6.35. The molecule has 2 rings (SSSR count). The number of ether oxygens (including phenoxy) is 1. The Kier molecular flexibility index (Phi) is 7.49. The van der Waals surface area contributed by atoms with Crippen molar-refractivity contribution < 1.29 is 9.53 Å². The van der Waals surface area contributed by atoms with Gasteiger partial charge in [0.05, 0.1) is 13.0 Å². The summed E-state index contributed by atoms with van der Waals surface area (Å²) in [6, 6.07) is 5.86. The van der Waals surface area contributed by atoms with Crippen molar-refractivity contribution in [3.63, 3.8) is 0 Å². The van der Waals surface area contributed by atoms with E-state index in [-0.39, 0.29) is 24.2 Å². The lowest BCUT2D eigenvalue weighted by Crippen LogP contribution is -2.41. The summed E-state index contributed by atoms with van der Waals surface area (Å²) in [4.78, 5) is 14.2. The van der Waals surface area contributed by atoms with Crippen LogP contribution in [0.3, 0.4) is 0 Å². The predicted molar refractivity (Wildman–Crippen MR) is 90.0 cm³/mol. The molecule has 21 heavy (non-hydrogen) atoms. The standard InChI is InChI=1S/C15H21BrN2O2.ClH/c1-18(15(19)11-4-3-7-17-9-11)10-12-8-13(16)5-6-14(12)20-2;/h5-6,8,11,17H,3-4,7,9-10H2,1-2H3;1H. The summed E-state index contributed by atoms with van der Waals surface area (Å²) in [7, 11) is 3.51. The minimum atomic E-state index is 0. The van der Waals surface area contributed by atoms with Gasteiger partial charge in [-0.1, -0.05) is 15.9 Å². The van der Waals surface area contributed by atoms with Gasteiger partial charge < -0.3 is 15.0 Å². The highest BCUT2D eigenvalue weighted by Crippen LogP contribution is 2.25. The molecule has 1 heterocycles. The zero-order chi connectivity index (χ0) is 14.5. The molecule has 0 spiro atoms. The van der Waals surface area contributed by atoms with Gasteiger partial charge in [-0.3, -0.25) is 4.79 Å². The number of amides is 1. The van der Waals surface area contributed by atoms with E-state index in [1.54, 1.807) is 12.0 Å². The second kappa shape index (κ2) is 8.61. The lowest BCUT2D eigenvalue weighted by atomic mass is 9.98. The largest absolute Gasteiger partial charge is 0.496 e. The van der Waals surface area contributed by atoms with E-state index in [2.05, 4.69) is 21.2 Å². The van der Waals surface area contributed by atoms with Crippen LogP contribution in [0.15, 0.2) is 22.7 Å². The number of rotatable bonds is 4. The normalized spacial score (nSPS) is 17.8. The first-order valence-corrected chi connectivity index (χ1v) is 7.69. The van der Waals surface area contributed by atoms with Crippen LogP contribution in [-0.2, 0) is 11.3 Å². The average Bonchev–Trinajstić information content (AvgIpc) is 2.47. The van der Waals surface area contributed by atoms with Crippen LogP contribution in [0.4, 0.5) is 0 Å². The van der Waals surface area contributed by atoms with Crippen molar-refractivity contribution >= 4 is 34.2 Å². The molecule has 0 aliphatic carbocycles. The average molecular weight is 378 g/mol. The Labute approximate surface area is 140 Å². The molecule has 6 heteroatoms. The molecular formula is C15H22BrClN2O2. The van der Waals surface area contributed by atoms with Gasteiger partial charge in [0.25, 0.3) is 0 Å². The molecular weight excluding hydrogens is 356 g/mol. The third-order valence-corrected chi connectivity index (χ3v) is 4.17. The number of benzene rings is 1. The number of carbonyl (C=O) groups excluding carboxylic acids is 1. The van der Waals surface area contributed by atoms with Crippen LogP contribution < -0.4 is 10.1 Å². The van der Waals surface area contributed by atoms with E-state index < -0.39 is 0 Å². The second-order valence-electron chi connectivity index (χ2n) is 5.19. The highest BCUT2D eigenvalue weighted by atomic mass is 79.9. The summed E-state index contributed by atoms with van der Waals surface area (Å²) in [5.41, 5.74) is 1.02. The molecule has 1 aromatic carbocycles. The fraction of sp³-hybridized carbons (Fsp3) is 0.533. The van der Waals surface area contributed by atoms with E-state index in [1.807, 2.05) is 25.2 Å². The Hall–Kier alpha value is -0.780. The first-order chi connectivity index (χ1) is 9.61. The molecule has 1 unspecified atom stereocenters. The number of hydrogen-bond acceptors (Lipinski definition) is 3. The minimum Gasteiger partial charge on any atom is -0.496 e. The highest BCUT2D eigenvalue weighted by molar-refractivity contribution is 9.10. The Morgan fingerprint density at radius 1 is 1.52 bits per heavy atom. The summed E-state index contributed by atoms with van der Waals surface area (Å²) in [5.74, 6) is 1.13. The van der Waals surface area contributed by atoms with Crippen molar-refractivity contribution in [2.24, 2.45) is 5.92 Å². The van der Waals surface area contributed by atoms with Crippen LogP contribution in [0.25, 0.3) is 0 Å². The predicted octanol–water partition coefficient (Wildman–Crippen LogP) is 2.84. The minimum absolute atomic E-state index is 0. The van der Waals surface area contributed by atoms with Gasteiger partial charge in [0.2, 0.25) is 5.91 Å². The van der Waals surface area contributed by atoms with Crippen LogP contribution in [0.2, 0.25) is 0 Å². The van der Waals surface area contributed by atoms with Gasteiger partial charge in [-0.15, -0.1) is 12.4 Å². The summed E-state index contributed by atoms with van der Waals surface area (Å²) in [6.07, 6.45) is 2.05. The summed E-state index contributed by atoms with van der Waals surface area (Å²) >= 11 is 3.46. The van der Waals surface area contributed by atoms with E-state index in [0.717, 1.165) is 41.7 Å². The van der Waals surface area contributed by atoms with E-state index in [1.165, 1.54) is 0 Å². The topological polar surface area (TPSA) is 41.6 Å². The van der Waals surface area contributed by atoms with Crippen LogP contribution in [0.5, 0.6) is 5.75 Å². The quantitative estimate of drug-likeness (QED) is 0.877. The van der Waals surface area contributed by atoms with Crippen molar-refractivity contribution in [1.29, 1.82) is 0 Å². The molecule has 1 aliphatic rings. The molecule has 4 nitrogen and oxygen atoms in total. The molecule has 1 aromatic rings. The van der Waals surface area contributed by atoms with E-state index in [4.69, 9.17) is 4.74 Å². The Morgan fingerprint density at radius 2 is 2.29 bits per heavy atom. The van der Waals surface area contributed by atoms with Crippen molar-refractivity contribution in [3.8, 4) is 5.75 Å². The summed E-state index contributed by atoms with van der Waals surface area (Å²) in [6.45, 7) is 2.38. The van der Waals surface area contributed by atoms with Crippen LogP contribution >= 0.6 is 28.3 Å². The Bertz CT molecular complexity index is 479. The number of piperidine rings is 1. The zero-order valence-corrected chi connectivity index (χ0v) is 14.8. The number of methoxy groups -OCH3 is 1. The number of carbonyl (C=O) groups is 1. The Morgan fingerprint density at radius 3 is 2.90 bits per heavy atom. The first-order valence-electron chi connectivity index (χ1n) is 6.90. The van der Waals surface area contributed by atoms with Gasteiger partial charge in [-0.05, 0) is 37.6 Å². The molecule has 1 saturated heterocycles. The fourth-order valence-electron chi connectivity index (χ4n) is 2.58. The molecule has 0 radical (unpaired) electrons. The molecule has 1 amide bonds. The third-order valence-electron chi connectivity index (χ3n) is 3.67. The van der Waals surface area contributed by atoms with Gasteiger partial charge in [0.1, 0.15) is 5.75 Å². The molecule has 1 N–H and O–H groups in total. The number of nitrogens with one attached hydrogen (secondary N) is 1.